The van der Waals surface area contributed by atoms with Crippen molar-refractivity contribution in [3.05, 3.63) is 78.4 Å². The van der Waals surface area contributed by atoms with Crippen LogP contribution in [0.5, 0.6) is 5.75 Å². The van der Waals surface area contributed by atoms with E-state index < -0.39 is 5.82 Å². The number of benzene rings is 2. The Labute approximate surface area is 229 Å². The van der Waals surface area contributed by atoms with Crippen LogP contribution in [0.1, 0.15) is 31.2 Å². The first kappa shape index (κ1) is 24.4. The molecular weight excluding hydrogens is 505 g/mol. The van der Waals surface area contributed by atoms with Crippen molar-refractivity contribution in [2.45, 2.75) is 32.2 Å². The number of halogens is 1. The summed E-state index contributed by atoms with van der Waals surface area (Å²) >= 11 is 0. The number of para-hydroxylation sites is 1. The van der Waals surface area contributed by atoms with Crippen molar-refractivity contribution in [3.63, 3.8) is 0 Å². The third-order valence-electron chi connectivity index (χ3n) is 7.67. The lowest BCUT2D eigenvalue weighted by atomic mass is 10.0. The van der Waals surface area contributed by atoms with E-state index in [0.29, 0.717) is 33.7 Å². The van der Waals surface area contributed by atoms with E-state index in [1.807, 2.05) is 42.7 Å². The molecule has 8 nitrogen and oxygen atoms in total. The van der Waals surface area contributed by atoms with Crippen LogP contribution in [0.25, 0.3) is 56.0 Å². The Kier molecular flexibility index (Phi) is 6.20. The number of nitrogens with zero attached hydrogens (tertiary/aromatic N) is 4. The molecule has 0 spiro atoms. The zero-order valence-electron chi connectivity index (χ0n) is 21.8. The molecule has 0 bridgehead atoms. The van der Waals surface area contributed by atoms with Crippen LogP contribution in [0.2, 0.25) is 0 Å². The minimum Gasteiger partial charge on any atom is -0.508 e. The van der Waals surface area contributed by atoms with E-state index in [-0.39, 0.29) is 5.75 Å². The summed E-state index contributed by atoms with van der Waals surface area (Å²) in [5.74, 6) is 0.680. The zero-order chi connectivity index (χ0) is 27.1. The number of hydrogen-bond donors (Lipinski definition) is 4. The Morgan fingerprint density at radius 2 is 1.82 bits per heavy atom. The third-order valence-corrected chi connectivity index (χ3v) is 7.67. The molecule has 4 aromatic heterocycles. The number of nitrogens with one attached hydrogen (secondary N) is 3. The molecule has 4 N–H and O–H groups in total. The molecule has 0 radical (unpaired) electrons. The van der Waals surface area contributed by atoms with Gasteiger partial charge in [0.1, 0.15) is 17.1 Å². The van der Waals surface area contributed by atoms with Gasteiger partial charge in [-0.3, -0.25) is 10.1 Å². The number of rotatable bonds is 7. The van der Waals surface area contributed by atoms with E-state index in [9.17, 15) is 9.50 Å². The van der Waals surface area contributed by atoms with Crippen LogP contribution in [0.3, 0.4) is 0 Å². The Bertz CT molecular complexity index is 1820. The summed E-state index contributed by atoms with van der Waals surface area (Å²) in [6.07, 6.45) is 9.07. The van der Waals surface area contributed by atoms with Gasteiger partial charge in [0.2, 0.25) is 0 Å². The van der Waals surface area contributed by atoms with E-state index >= 15 is 0 Å². The first-order chi connectivity index (χ1) is 19.6. The van der Waals surface area contributed by atoms with Crippen LogP contribution in [0, 0.1) is 11.7 Å². The molecule has 40 heavy (non-hydrogen) atoms. The number of pyridine rings is 2. The predicted octanol–water partition coefficient (Wildman–Crippen LogP) is 6.35. The van der Waals surface area contributed by atoms with Gasteiger partial charge in [0.05, 0.1) is 22.2 Å². The van der Waals surface area contributed by atoms with Gasteiger partial charge < -0.3 is 15.4 Å². The predicted molar refractivity (Wildman–Crippen MR) is 153 cm³/mol. The molecule has 1 fully saturated rings. The molecule has 0 saturated heterocycles. The highest BCUT2D eigenvalue weighted by atomic mass is 19.1. The maximum absolute atomic E-state index is 14.0. The number of hydrogen-bond acceptors (Lipinski definition) is 6. The van der Waals surface area contributed by atoms with Crippen LogP contribution in [-0.2, 0) is 6.54 Å². The molecule has 7 rings (SSSR count). The first-order valence-electron chi connectivity index (χ1n) is 13.6. The molecule has 200 valence electrons. The maximum atomic E-state index is 14.0. The van der Waals surface area contributed by atoms with Crippen molar-refractivity contribution < 1.29 is 9.50 Å². The molecule has 0 aliphatic heterocycles. The van der Waals surface area contributed by atoms with Crippen molar-refractivity contribution in [2.24, 2.45) is 5.92 Å². The van der Waals surface area contributed by atoms with Crippen LogP contribution in [-0.4, -0.2) is 41.8 Å². The number of fused-ring (bicyclic) bond motifs is 2. The van der Waals surface area contributed by atoms with Crippen LogP contribution < -0.4 is 5.32 Å². The van der Waals surface area contributed by atoms with Crippen LogP contribution in [0.4, 0.5) is 4.39 Å². The molecular formula is C31H28FN7O. The fraction of sp³-hybridized carbons (Fsp3) is 0.226. The summed E-state index contributed by atoms with van der Waals surface area (Å²) in [6, 6.07) is 15.7. The van der Waals surface area contributed by atoms with Crippen LogP contribution >= 0.6 is 0 Å². The molecule has 1 saturated carbocycles. The summed E-state index contributed by atoms with van der Waals surface area (Å²) in [4.78, 5) is 17.6. The Balaban J connectivity index is 1.21. The largest absolute Gasteiger partial charge is 0.508 e. The lowest BCUT2D eigenvalue weighted by Gasteiger charge is -2.11. The van der Waals surface area contributed by atoms with Crippen molar-refractivity contribution in [1.29, 1.82) is 0 Å². The standard InChI is InChI=1S/C31H28FN7O/c32-22-11-20(12-23(40)13-22)24-6-3-7-26-28(24)37-31(36-26)30-29-27(38-39-30)9-8-25(35-29)21-10-19(16-34-17-21)15-33-14-18-4-1-2-5-18/h3,6-13,16-18,33,40H,1-2,4-5,14-15H2,(H,36,37)(H,38,39). The number of aromatic hydroxyl groups is 1. The minimum absolute atomic E-state index is 0.138. The number of phenols is 1. The van der Waals surface area contributed by atoms with Crippen molar-refractivity contribution >= 4 is 22.1 Å². The minimum atomic E-state index is -0.513. The molecule has 0 amide bonds. The van der Waals surface area contributed by atoms with Gasteiger partial charge in [-0.25, -0.2) is 14.4 Å². The third kappa shape index (κ3) is 4.69. The monoisotopic (exact) mass is 533 g/mol. The van der Waals surface area contributed by atoms with E-state index in [1.165, 1.54) is 37.8 Å². The first-order valence-corrected chi connectivity index (χ1v) is 13.6. The number of phenolic OH excluding ortho intramolecular Hbond substituents is 1. The fourth-order valence-corrected chi connectivity index (χ4v) is 5.69. The molecule has 0 atom stereocenters. The van der Waals surface area contributed by atoms with Gasteiger partial charge in [-0.15, -0.1) is 0 Å². The molecule has 6 aromatic rings. The lowest BCUT2D eigenvalue weighted by Crippen LogP contribution is -2.20. The van der Waals surface area contributed by atoms with Crippen molar-refractivity contribution in [1.82, 2.24) is 35.5 Å². The van der Waals surface area contributed by atoms with E-state index in [2.05, 4.69) is 31.5 Å². The second-order valence-electron chi connectivity index (χ2n) is 10.5. The number of aromatic nitrogens is 6. The number of aromatic amines is 2. The highest BCUT2D eigenvalue weighted by Gasteiger charge is 2.18. The van der Waals surface area contributed by atoms with Gasteiger partial charge in [0.15, 0.2) is 11.5 Å². The average Bonchev–Trinajstić information content (AvgIpc) is 3.71. The maximum Gasteiger partial charge on any atom is 0.161 e. The fourth-order valence-electron chi connectivity index (χ4n) is 5.69. The van der Waals surface area contributed by atoms with E-state index in [1.54, 1.807) is 0 Å². The quantitative estimate of drug-likeness (QED) is 0.190. The molecule has 1 aliphatic carbocycles. The molecule has 4 heterocycles. The second kappa shape index (κ2) is 10.2. The van der Waals surface area contributed by atoms with Gasteiger partial charge in [-0.2, -0.15) is 5.10 Å². The van der Waals surface area contributed by atoms with Gasteiger partial charge in [-0.1, -0.05) is 25.0 Å². The summed E-state index contributed by atoms with van der Waals surface area (Å²) in [5.41, 5.74) is 7.58. The molecule has 9 heteroatoms. The topological polar surface area (TPSA) is 115 Å². The normalized spacial score (nSPS) is 14.0. The van der Waals surface area contributed by atoms with Crippen molar-refractivity contribution in [3.8, 4) is 39.7 Å². The highest BCUT2D eigenvalue weighted by molar-refractivity contribution is 5.96. The second-order valence-corrected chi connectivity index (χ2v) is 10.5. The summed E-state index contributed by atoms with van der Waals surface area (Å²) in [5, 5.41) is 21.1. The van der Waals surface area contributed by atoms with E-state index in [4.69, 9.17) is 9.97 Å². The molecule has 2 aromatic carbocycles. The van der Waals surface area contributed by atoms with Gasteiger partial charge in [0.25, 0.3) is 0 Å². The van der Waals surface area contributed by atoms with Crippen LogP contribution in [0.15, 0.2) is 67.0 Å². The lowest BCUT2D eigenvalue weighted by molar-refractivity contribution is 0.469. The zero-order valence-corrected chi connectivity index (χ0v) is 21.8. The van der Waals surface area contributed by atoms with E-state index in [0.717, 1.165) is 52.9 Å². The summed E-state index contributed by atoms with van der Waals surface area (Å²) in [7, 11) is 0. The Hall–Kier alpha value is -4.63. The molecule has 0 unspecified atom stereocenters. The van der Waals surface area contributed by atoms with Gasteiger partial charge in [0, 0.05) is 36.1 Å². The van der Waals surface area contributed by atoms with Crippen molar-refractivity contribution in [2.75, 3.05) is 6.54 Å². The summed E-state index contributed by atoms with van der Waals surface area (Å²) in [6.45, 7) is 1.83. The Morgan fingerprint density at radius 3 is 2.70 bits per heavy atom. The SMILES string of the molecule is Oc1cc(F)cc(-c2cccc3[nH]c(-c4n[nH]c5ccc(-c6cncc(CNCC7CCCC7)c6)nc45)nc23)c1. The summed E-state index contributed by atoms with van der Waals surface area (Å²) < 4.78 is 14.0. The Morgan fingerprint density at radius 1 is 0.925 bits per heavy atom. The number of H-pyrrole nitrogens is 2. The smallest absolute Gasteiger partial charge is 0.161 e. The number of imidazole rings is 1. The molecule has 1 aliphatic rings. The average molecular weight is 534 g/mol. The van der Waals surface area contributed by atoms with Gasteiger partial charge in [-0.05, 0) is 72.8 Å². The van der Waals surface area contributed by atoms with Gasteiger partial charge >= 0.3 is 0 Å². The highest BCUT2D eigenvalue weighted by Crippen LogP contribution is 2.33.